The molecule has 4 heteroatoms. The smallest absolute Gasteiger partial charge is 0.192 e. The van der Waals surface area contributed by atoms with E-state index in [1.165, 1.54) is 0 Å². The third-order valence-electron chi connectivity index (χ3n) is 2.38. The van der Waals surface area contributed by atoms with E-state index in [0.717, 1.165) is 0 Å². The summed E-state index contributed by atoms with van der Waals surface area (Å²) < 4.78 is 5.92. The monoisotopic (exact) mass is 261 g/mol. The predicted octanol–water partition coefficient (Wildman–Crippen LogP) is 3.37. The number of carbonyl (C=O) groups is 1. The largest absolute Gasteiger partial charge is 0.405 e. The Kier molecular flexibility index (Phi) is 4.10. The number of hydrogen-bond acceptors (Lipinski definition) is 3. The van der Waals surface area contributed by atoms with Crippen molar-refractivity contribution in [3.63, 3.8) is 0 Å². The second kappa shape index (κ2) is 5.05. The Morgan fingerprint density at radius 3 is 2.11 bits per heavy atom. The first-order chi connectivity index (χ1) is 8.15. The molecular weight excluding hydrogens is 242 g/mol. The van der Waals surface area contributed by atoms with Gasteiger partial charge in [-0.15, -0.1) is 0 Å². The molecule has 1 aromatic rings. The highest BCUT2D eigenvalue weighted by Crippen LogP contribution is 2.22. The minimum Gasteiger partial charge on any atom is -0.405 e. The lowest BCUT2D eigenvalue weighted by molar-refractivity contribution is 0.0558. The van der Waals surface area contributed by atoms with Crippen molar-refractivity contribution < 1.29 is 9.22 Å². The molecule has 3 nitrogen and oxygen atoms in total. The molecule has 0 heterocycles. The van der Waals surface area contributed by atoms with Crippen molar-refractivity contribution in [1.82, 2.24) is 0 Å². The number of nitriles is 1. The first-order valence-electron chi connectivity index (χ1n) is 5.91. The molecule has 0 aromatic heterocycles. The van der Waals surface area contributed by atoms with E-state index in [4.69, 9.17) is 9.69 Å². The maximum atomic E-state index is 12.4. The average Bonchev–Trinajstić information content (AvgIpc) is 2.25. The van der Waals surface area contributed by atoms with Gasteiger partial charge < -0.3 is 4.43 Å². The molecule has 0 aliphatic carbocycles. The lowest BCUT2D eigenvalue weighted by Crippen LogP contribution is -2.44. The van der Waals surface area contributed by atoms with E-state index in [1.807, 2.05) is 6.07 Å². The van der Waals surface area contributed by atoms with E-state index in [0.29, 0.717) is 11.1 Å². The molecule has 18 heavy (non-hydrogen) atoms. The molecule has 0 saturated heterocycles. The Labute approximate surface area is 110 Å². The van der Waals surface area contributed by atoms with Gasteiger partial charge in [-0.25, -0.2) is 0 Å². The van der Waals surface area contributed by atoms with Crippen LogP contribution in [0.4, 0.5) is 0 Å². The van der Waals surface area contributed by atoms with Gasteiger partial charge in [-0.1, -0.05) is 0 Å². The molecule has 1 aromatic carbocycles. The number of nitrogens with zero attached hydrogens (tertiary/aromatic N) is 1. The molecule has 0 aliphatic rings. The summed E-state index contributed by atoms with van der Waals surface area (Å²) in [6.45, 7) is 9.76. The van der Waals surface area contributed by atoms with E-state index in [2.05, 4.69) is 19.6 Å². The van der Waals surface area contributed by atoms with Crippen LogP contribution < -0.4 is 0 Å². The van der Waals surface area contributed by atoms with Gasteiger partial charge in [0, 0.05) is 5.56 Å². The number of rotatable bonds is 4. The number of carbonyl (C=O) groups excluding carboxylic acids is 1. The van der Waals surface area contributed by atoms with Crippen molar-refractivity contribution in [1.29, 1.82) is 5.26 Å². The molecule has 96 valence electrons. The van der Waals surface area contributed by atoms with Gasteiger partial charge in [-0.3, -0.25) is 4.79 Å². The van der Waals surface area contributed by atoms with Crippen LogP contribution in [0.2, 0.25) is 19.6 Å². The summed E-state index contributed by atoms with van der Waals surface area (Å²) in [7, 11) is -1.78. The first-order valence-corrected chi connectivity index (χ1v) is 9.32. The third-order valence-corrected chi connectivity index (χ3v) is 3.51. The van der Waals surface area contributed by atoms with Gasteiger partial charge >= 0.3 is 0 Å². The van der Waals surface area contributed by atoms with Crippen LogP contribution in [0.3, 0.4) is 0 Å². The van der Waals surface area contributed by atoms with Crippen LogP contribution >= 0.6 is 0 Å². The Hall–Kier alpha value is -1.44. The Morgan fingerprint density at radius 1 is 1.22 bits per heavy atom. The fourth-order valence-electron chi connectivity index (χ4n) is 1.86. The van der Waals surface area contributed by atoms with Crippen LogP contribution in [0.25, 0.3) is 0 Å². The van der Waals surface area contributed by atoms with Crippen LogP contribution in [0.1, 0.15) is 29.8 Å². The Balaban J connectivity index is 2.95. The molecule has 0 atom stereocenters. The molecule has 0 aliphatic heterocycles. The van der Waals surface area contributed by atoms with Crippen LogP contribution in [0.15, 0.2) is 24.3 Å². The molecule has 0 fully saturated rings. The summed E-state index contributed by atoms with van der Waals surface area (Å²) in [4.78, 5) is 12.4. The number of Topliss-reactive ketones (excluding diaryl/α,β-unsaturated/α-hetero) is 1. The molecule has 1 rings (SSSR count). The second-order valence-corrected chi connectivity index (χ2v) is 10.2. The van der Waals surface area contributed by atoms with E-state index in [1.54, 1.807) is 38.1 Å². The van der Waals surface area contributed by atoms with E-state index >= 15 is 0 Å². The summed E-state index contributed by atoms with van der Waals surface area (Å²) in [5, 5.41) is 8.73. The highest BCUT2D eigenvalue weighted by molar-refractivity contribution is 6.70. The van der Waals surface area contributed by atoms with Crippen molar-refractivity contribution >= 4 is 14.1 Å². The first kappa shape index (κ1) is 14.6. The van der Waals surface area contributed by atoms with Crippen molar-refractivity contribution in [2.75, 3.05) is 0 Å². The van der Waals surface area contributed by atoms with Crippen LogP contribution in [0, 0.1) is 11.3 Å². The molecular formula is C14H19NO2Si. The summed E-state index contributed by atoms with van der Waals surface area (Å²) in [5.41, 5.74) is 0.311. The zero-order valence-electron chi connectivity index (χ0n) is 11.6. The molecule has 0 spiro atoms. The quantitative estimate of drug-likeness (QED) is 0.616. The second-order valence-electron chi connectivity index (χ2n) is 5.74. The molecule has 0 unspecified atom stereocenters. The van der Waals surface area contributed by atoms with Gasteiger partial charge in [0.15, 0.2) is 14.1 Å². The van der Waals surface area contributed by atoms with Crippen molar-refractivity contribution in [2.45, 2.75) is 39.1 Å². The van der Waals surface area contributed by atoms with Gasteiger partial charge in [0.25, 0.3) is 0 Å². The minimum absolute atomic E-state index is 0.0468. The van der Waals surface area contributed by atoms with Crippen molar-refractivity contribution in [3.05, 3.63) is 35.4 Å². The number of benzene rings is 1. The number of hydrogen-bond donors (Lipinski definition) is 0. The molecule has 0 bridgehead atoms. The van der Waals surface area contributed by atoms with Gasteiger partial charge in [0.05, 0.1) is 11.6 Å². The van der Waals surface area contributed by atoms with E-state index in [-0.39, 0.29) is 5.78 Å². The van der Waals surface area contributed by atoms with Crippen LogP contribution in [-0.2, 0) is 4.43 Å². The predicted molar refractivity (Wildman–Crippen MR) is 74.0 cm³/mol. The van der Waals surface area contributed by atoms with Gasteiger partial charge in [0.1, 0.15) is 5.60 Å². The fourth-order valence-corrected chi connectivity index (χ4v) is 3.48. The SMILES string of the molecule is CC(C)(O[Si](C)(C)C)C(=O)c1ccc(C#N)cc1. The zero-order valence-corrected chi connectivity index (χ0v) is 12.6. The molecule has 0 radical (unpaired) electrons. The van der Waals surface area contributed by atoms with Crippen LogP contribution in [-0.4, -0.2) is 19.7 Å². The van der Waals surface area contributed by atoms with Gasteiger partial charge in [0.2, 0.25) is 0 Å². The summed E-state index contributed by atoms with van der Waals surface area (Å²) >= 11 is 0. The summed E-state index contributed by atoms with van der Waals surface area (Å²) in [6.07, 6.45) is 0. The average molecular weight is 261 g/mol. The summed E-state index contributed by atoms with van der Waals surface area (Å²) in [6, 6.07) is 8.69. The van der Waals surface area contributed by atoms with Gasteiger partial charge in [-0.05, 0) is 57.8 Å². The van der Waals surface area contributed by atoms with E-state index in [9.17, 15) is 4.79 Å². The highest BCUT2D eigenvalue weighted by atomic mass is 28.4. The minimum atomic E-state index is -1.78. The maximum Gasteiger partial charge on any atom is 0.192 e. The Bertz CT molecular complexity index is 478. The van der Waals surface area contributed by atoms with Crippen LogP contribution in [0.5, 0.6) is 0 Å². The van der Waals surface area contributed by atoms with E-state index < -0.39 is 13.9 Å². The molecule has 0 saturated carbocycles. The lowest BCUT2D eigenvalue weighted by Gasteiger charge is -2.31. The van der Waals surface area contributed by atoms with Crippen molar-refractivity contribution in [3.8, 4) is 6.07 Å². The fraction of sp³-hybridized carbons (Fsp3) is 0.429. The van der Waals surface area contributed by atoms with Gasteiger partial charge in [-0.2, -0.15) is 5.26 Å². The zero-order chi connectivity index (χ0) is 14.0. The standard InChI is InChI=1S/C14H19NO2Si/c1-14(2,17-18(3,4)5)13(16)12-8-6-11(10-15)7-9-12/h6-9H,1-5H3. The topological polar surface area (TPSA) is 50.1 Å². The molecule has 0 N–H and O–H groups in total. The molecule has 0 amide bonds. The number of ketones is 1. The third kappa shape index (κ3) is 3.79. The highest BCUT2D eigenvalue weighted by Gasteiger charge is 2.34. The van der Waals surface area contributed by atoms with Crippen molar-refractivity contribution in [2.24, 2.45) is 0 Å². The lowest BCUT2D eigenvalue weighted by atomic mass is 9.96. The Morgan fingerprint density at radius 2 is 1.72 bits per heavy atom. The maximum absolute atomic E-state index is 12.4. The summed E-state index contributed by atoms with van der Waals surface area (Å²) in [5.74, 6) is -0.0468. The normalized spacial score (nSPS) is 12.0.